The Labute approximate surface area is 155 Å². The first-order valence-electron chi connectivity index (χ1n) is 9.57. The first-order valence-corrected chi connectivity index (χ1v) is 9.57. The van der Waals surface area contributed by atoms with Crippen molar-refractivity contribution in [2.45, 2.75) is 45.2 Å². The predicted octanol–water partition coefficient (Wildman–Crippen LogP) is 2.86. The summed E-state index contributed by atoms with van der Waals surface area (Å²) in [6.07, 6.45) is 3.35. The number of rotatable bonds is 3. The number of carbonyl (C=O) groups excluding carboxylic acids is 1. The third-order valence-corrected chi connectivity index (χ3v) is 6.15. The largest absolute Gasteiger partial charge is 0.333 e. The number of carbonyl (C=O) groups is 1. The number of aromatic nitrogens is 2. The molecule has 4 rings (SSSR count). The molecule has 2 aliphatic heterocycles. The molecule has 3 heterocycles. The fraction of sp³-hybridized carbons (Fsp3) is 0.524. The number of hydrogen-bond donors (Lipinski definition) is 0. The Bertz CT molecular complexity index is 817. The average Bonchev–Trinajstić information content (AvgIpc) is 2.92. The molecular weight excluding hydrogens is 324 g/mol. The van der Waals surface area contributed by atoms with E-state index in [1.54, 1.807) is 0 Å². The summed E-state index contributed by atoms with van der Waals surface area (Å²) in [5, 5.41) is 4.53. The van der Waals surface area contributed by atoms with Gasteiger partial charge in [-0.2, -0.15) is 5.10 Å². The van der Waals surface area contributed by atoms with Gasteiger partial charge in [-0.25, -0.2) is 0 Å². The van der Waals surface area contributed by atoms with Crippen molar-refractivity contribution in [2.24, 2.45) is 0 Å². The smallest absolute Gasteiger partial charge is 0.254 e. The zero-order valence-electron chi connectivity index (χ0n) is 16.0. The third kappa shape index (κ3) is 3.05. The number of nitrogens with zero attached hydrogens (tertiary/aromatic N) is 4. The molecule has 0 bridgehead atoms. The minimum atomic E-state index is 0.106. The highest BCUT2D eigenvalue weighted by Crippen LogP contribution is 2.40. The Morgan fingerprint density at radius 2 is 1.85 bits per heavy atom. The molecule has 138 valence electrons. The predicted molar refractivity (Wildman–Crippen MR) is 102 cm³/mol. The Morgan fingerprint density at radius 1 is 1.12 bits per heavy atom. The van der Waals surface area contributed by atoms with Crippen molar-refractivity contribution in [1.82, 2.24) is 19.6 Å². The standard InChI is InChI=1S/C21H28N4O/c1-16-13-17(2)25(22-16)15-18-5-4-6-19(14-18)20(26)24-12-9-21(24)7-10-23(3)11-8-21/h4-6,13-14H,7-12,15H2,1-3H3. The normalized spacial score (nSPS) is 19.6. The van der Waals surface area contributed by atoms with Crippen LogP contribution in [0.15, 0.2) is 30.3 Å². The van der Waals surface area contributed by atoms with Gasteiger partial charge in [-0.1, -0.05) is 12.1 Å². The summed E-state index contributed by atoms with van der Waals surface area (Å²) in [4.78, 5) is 17.6. The molecule has 2 fully saturated rings. The molecule has 0 unspecified atom stereocenters. The highest BCUT2D eigenvalue weighted by molar-refractivity contribution is 5.95. The van der Waals surface area contributed by atoms with Crippen LogP contribution in [0.2, 0.25) is 0 Å². The first kappa shape index (κ1) is 17.3. The van der Waals surface area contributed by atoms with Gasteiger partial charge >= 0.3 is 0 Å². The van der Waals surface area contributed by atoms with Crippen LogP contribution in [0.25, 0.3) is 0 Å². The molecule has 5 heteroatoms. The van der Waals surface area contributed by atoms with Crippen molar-refractivity contribution in [2.75, 3.05) is 26.7 Å². The van der Waals surface area contributed by atoms with E-state index in [1.165, 1.54) is 0 Å². The van der Waals surface area contributed by atoms with Crippen LogP contribution in [0.1, 0.15) is 46.6 Å². The first-order chi connectivity index (χ1) is 12.5. The summed E-state index contributed by atoms with van der Waals surface area (Å²) < 4.78 is 2.00. The van der Waals surface area contributed by atoms with E-state index in [2.05, 4.69) is 41.0 Å². The number of likely N-dealkylation sites (tertiary alicyclic amines) is 2. The van der Waals surface area contributed by atoms with E-state index in [0.717, 1.165) is 61.4 Å². The van der Waals surface area contributed by atoms with Crippen LogP contribution in [0, 0.1) is 13.8 Å². The second-order valence-corrected chi connectivity index (χ2v) is 8.02. The SMILES string of the molecule is Cc1cc(C)n(Cc2cccc(C(=O)N3CCC34CCN(C)CC4)c2)n1. The monoisotopic (exact) mass is 352 g/mol. The van der Waals surface area contributed by atoms with Crippen LogP contribution >= 0.6 is 0 Å². The van der Waals surface area contributed by atoms with Crippen molar-refractivity contribution in [3.05, 3.63) is 52.8 Å². The molecule has 0 atom stereocenters. The summed E-state index contributed by atoms with van der Waals surface area (Å²) in [6, 6.07) is 10.1. The maximum atomic E-state index is 13.1. The number of amides is 1. The molecule has 5 nitrogen and oxygen atoms in total. The third-order valence-electron chi connectivity index (χ3n) is 6.15. The minimum absolute atomic E-state index is 0.106. The van der Waals surface area contributed by atoms with Gasteiger partial charge in [0, 0.05) is 36.4 Å². The average molecular weight is 352 g/mol. The summed E-state index contributed by atoms with van der Waals surface area (Å²) in [6.45, 7) is 7.84. The van der Waals surface area contributed by atoms with Gasteiger partial charge in [-0.3, -0.25) is 9.48 Å². The van der Waals surface area contributed by atoms with Crippen molar-refractivity contribution < 1.29 is 4.79 Å². The van der Waals surface area contributed by atoms with Gasteiger partial charge < -0.3 is 9.80 Å². The fourth-order valence-electron chi connectivity index (χ4n) is 4.38. The lowest BCUT2D eigenvalue weighted by molar-refractivity contribution is -0.0350. The zero-order chi connectivity index (χ0) is 18.3. The number of benzene rings is 1. The second-order valence-electron chi connectivity index (χ2n) is 8.02. The van der Waals surface area contributed by atoms with Crippen LogP contribution in [-0.2, 0) is 6.54 Å². The van der Waals surface area contributed by atoms with Gasteiger partial charge in [0.1, 0.15) is 0 Å². The lowest BCUT2D eigenvalue weighted by Crippen LogP contribution is -2.65. The van der Waals surface area contributed by atoms with Crippen molar-refractivity contribution in [3.63, 3.8) is 0 Å². The molecular formula is C21H28N4O. The van der Waals surface area contributed by atoms with E-state index >= 15 is 0 Å². The van der Waals surface area contributed by atoms with Crippen molar-refractivity contribution in [3.8, 4) is 0 Å². The van der Waals surface area contributed by atoms with Crippen molar-refractivity contribution >= 4 is 5.91 Å². The molecule has 0 saturated carbocycles. The lowest BCUT2D eigenvalue weighted by atomic mass is 9.76. The molecule has 0 radical (unpaired) electrons. The molecule has 1 amide bonds. The van der Waals surface area contributed by atoms with E-state index in [0.29, 0.717) is 6.54 Å². The Morgan fingerprint density at radius 3 is 2.46 bits per heavy atom. The highest BCUT2D eigenvalue weighted by Gasteiger charge is 2.48. The van der Waals surface area contributed by atoms with Crippen LogP contribution < -0.4 is 0 Å². The second kappa shape index (κ2) is 6.54. The van der Waals surface area contributed by atoms with Gasteiger partial charge in [-0.05, 0) is 63.9 Å². The van der Waals surface area contributed by atoms with Crippen molar-refractivity contribution in [1.29, 1.82) is 0 Å². The van der Waals surface area contributed by atoms with Gasteiger partial charge in [0.2, 0.25) is 0 Å². The Kier molecular flexibility index (Phi) is 4.35. The number of piperidine rings is 1. The molecule has 2 aliphatic rings. The van der Waals surface area contributed by atoms with E-state index in [1.807, 2.05) is 29.8 Å². The van der Waals surface area contributed by atoms with Crippen LogP contribution in [-0.4, -0.2) is 57.7 Å². The summed E-state index contributed by atoms with van der Waals surface area (Å²) in [5.41, 5.74) is 4.21. The quantitative estimate of drug-likeness (QED) is 0.853. The van der Waals surface area contributed by atoms with Gasteiger partial charge in [-0.15, -0.1) is 0 Å². The minimum Gasteiger partial charge on any atom is -0.333 e. The molecule has 26 heavy (non-hydrogen) atoms. The molecule has 1 spiro atoms. The Hall–Kier alpha value is -2.14. The van der Waals surface area contributed by atoms with Crippen LogP contribution in [0.4, 0.5) is 0 Å². The van der Waals surface area contributed by atoms with Gasteiger partial charge in [0.25, 0.3) is 5.91 Å². The zero-order valence-corrected chi connectivity index (χ0v) is 16.0. The molecule has 1 aromatic carbocycles. The molecule has 2 aromatic rings. The molecule has 2 saturated heterocycles. The van der Waals surface area contributed by atoms with E-state index in [9.17, 15) is 4.79 Å². The number of aryl methyl sites for hydroxylation is 2. The maximum Gasteiger partial charge on any atom is 0.254 e. The van der Waals surface area contributed by atoms with Crippen LogP contribution in [0.3, 0.4) is 0 Å². The lowest BCUT2D eigenvalue weighted by Gasteiger charge is -2.56. The summed E-state index contributed by atoms with van der Waals surface area (Å²) in [5.74, 6) is 0.191. The van der Waals surface area contributed by atoms with E-state index in [-0.39, 0.29) is 11.4 Å². The van der Waals surface area contributed by atoms with Gasteiger partial charge in [0.15, 0.2) is 0 Å². The van der Waals surface area contributed by atoms with Gasteiger partial charge in [0.05, 0.1) is 12.2 Å². The number of hydrogen-bond acceptors (Lipinski definition) is 3. The maximum absolute atomic E-state index is 13.1. The highest BCUT2D eigenvalue weighted by atomic mass is 16.2. The molecule has 0 aliphatic carbocycles. The van der Waals surface area contributed by atoms with Crippen LogP contribution in [0.5, 0.6) is 0 Å². The molecule has 1 aromatic heterocycles. The Balaban J connectivity index is 1.51. The fourth-order valence-corrected chi connectivity index (χ4v) is 4.38. The van der Waals surface area contributed by atoms with E-state index < -0.39 is 0 Å². The summed E-state index contributed by atoms with van der Waals surface area (Å²) >= 11 is 0. The molecule has 0 N–H and O–H groups in total. The summed E-state index contributed by atoms with van der Waals surface area (Å²) in [7, 11) is 2.17. The van der Waals surface area contributed by atoms with E-state index in [4.69, 9.17) is 0 Å². The topological polar surface area (TPSA) is 41.4 Å².